The Labute approximate surface area is 247 Å². The SMILES string of the molecule is Cc1c(C(C)(C)C)cc([Te](F)(F)(F)(F)F)c2ccccc12.Cc1c(C(C)(C)C)cc([Te]C(F)(F)F)c2ccccc12. The first-order valence-corrected chi connectivity index (χ1v) is 20.7. The summed E-state index contributed by atoms with van der Waals surface area (Å²) in [6, 6.07) is 15.4. The van der Waals surface area contributed by atoms with Gasteiger partial charge in [-0.05, 0) is 0 Å². The van der Waals surface area contributed by atoms with E-state index in [0.717, 1.165) is 28.0 Å². The fourth-order valence-electron chi connectivity index (χ4n) is 5.06. The second kappa shape index (κ2) is 10.3. The van der Waals surface area contributed by atoms with Crippen LogP contribution in [0.2, 0.25) is 0 Å². The summed E-state index contributed by atoms with van der Waals surface area (Å²) in [6.07, 6.45) is 0. The van der Waals surface area contributed by atoms with Crippen molar-refractivity contribution in [2.24, 2.45) is 0 Å². The molecule has 226 valence electrons. The minimum absolute atomic E-state index is 0.151. The molecule has 0 saturated heterocycles. The van der Waals surface area contributed by atoms with E-state index in [1.807, 2.05) is 45.9 Å². The van der Waals surface area contributed by atoms with E-state index in [1.54, 1.807) is 45.9 Å². The van der Waals surface area contributed by atoms with Crippen LogP contribution in [0.3, 0.4) is 0 Å². The van der Waals surface area contributed by atoms with Crippen molar-refractivity contribution in [3.63, 3.8) is 0 Å². The summed E-state index contributed by atoms with van der Waals surface area (Å²) in [6.45, 7) is 15.0. The van der Waals surface area contributed by atoms with Gasteiger partial charge >= 0.3 is 249 Å². The van der Waals surface area contributed by atoms with Crippen molar-refractivity contribution < 1.29 is 27.6 Å². The summed E-state index contributed by atoms with van der Waals surface area (Å²) in [5.41, 5.74) is 2.21. The van der Waals surface area contributed by atoms with Gasteiger partial charge in [-0.3, -0.25) is 0 Å². The number of halogens is 8. The Kier molecular flexibility index (Phi) is 8.48. The number of alkyl halides is 3. The molecule has 4 aromatic carbocycles. The third-order valence-corrected chi connectivity index (χ3v) is 12.4. The van der Waals surface area contributed by atoms with Crippen molar-refractivity contribution in [2.45, 2.75) is 70.4 Å². The average Bonchev–Trinajstić information content (AvgIpc) is 2.77. The molecule has 0 atom stereocenters. The van der Waals surface area contributed by atoms with E-state index >= 15 is 0 Å². The van der Waals surface area contributed by atoms with Crippen LogP contribution in [0.5, 0.6) is 0 Å². The van der Waals surface area contributed by atoms with Gasteiger partial charge in [0.1, 0.15) is 0 Å². The van der Waals surface area contributed by atoms with E-state index in [4.69, 9.17) is 0 Å². The van der Waals surface area contributed by atoms with E-state index < -0.39 is 57.8 Å². The Hall–Kier alpha value is -1.58. The third-order valence-electron chi connectivity index (χ3n) is 6.81. The molecule has 0 bridgehead atoms. The Morgan fingerprint density at radius 2 is 0.927 bits per heavy atom. The van der Waals surface area contributed by atoms with Gasteiger partial charge in [0.15, 0.2) is 0 Å². The maximum absolute atomic E-state index is 13.4. The Bertz CT molecular complexity index is 1610. The van der Waals surface area contributed by atoms with Crippen LogP contribution in [0.15, 0.2) is 60.7 Å². The van der Waals surface area contributed by atoms with Crippen LogP contribution in [-0.2, 0) is 10.8 Å². The molecule has 0 amide bonds. The van der Waals surface area contributed by atoms with Crippen molar-refractivity contribution in [2.75, 3.05) is 0 Å². The van der Waals surface area contributed by atoms with E-state index in [0.29, 0.717) is 20.8 Å². The topological polar surface area (TPSA) is 0 Å². The van der Waals surface area contributed by atoms with E-state index in [-0.39, 0.29) is 10.8 Å². The van der Waals surface area contributed by atoms with Crippen molar-refractivity contribution in [1.29, 1.82) is 0 Å². The summed E-state index contributed by atoms with van der Waals surface area (Å²) in [7, 11) is 0. The van der Waals surface area contributed by atoms with Crippen LogP contribution < -0.4 is 7.22 Å². The minimum atomic E-state index is -10.7. The van der Waals surface area contributed by atoms with Crippen molar-refractivity contribution in [3.8, 4) is 0 Å². The second-order valence-electron chi connectivity index (χ2n) is 12.2. The summed E-state index contributed by atoms with van der Waals surface area (Å²) in [4.78, 5) is 0. The number of rotatable bonds is 2. The molecule has 0 N–H and O–H groups in total. The molecule has 0 spiro atoms. The zero-order valence-corrected chi connectivity index (χ0v) is 28.8. The molecule has 0 aliphatic heterocycles. The molecule has 10 heteroatoms. The van der Waals surface area contributed by atoms with E-state index in [2.05, 4.69) is 0 Å². The maximum atomic E-state index is 13.4. The molecule has 0 unspecified atom stereocenters. The van der Waals surface area contributed by atoms with Gasteiger partial charge in [0.2, 0.25) is 0 Å². The van der Waals surface area contributed by atoms with E-state index in [1.165, 1.54) is 12.1 Å². The predicted octanol–water partition coefficient (Wildman–Crippen LogP) is 9.64. The summed E-state index contributed by atoms with van der Waals surface area (Å²) < 4.78 is 101. The summed E-state index contributed by atoms with van der Waals surface area (Å²) in [5, 5.41) is 1.53. The van der Waals surface area contributed by atoms with Crippen LogP contribution in [-0.4, -0.2) is 43.4 Å². The Balaban J connectivity index is 0.000000226. The molecule has 41 heavy (non-hydrogen) atoms. The molecule has 4 aromatic rings. The van der Waals surface area contributed by atoms with Crippen molar-refractivity contribution in [3.05, 3.63) is 82.9 Å². The van der Waals surface area contributed by atoms with Gasteiger partial charge in [0.05, 0.1) is 0 Å². The fourth-order valence-corrected chi connectivity index (χ4v) is 9.76. The Morgan fingerprint density at radius 1 is 0.561 bits per heavy atom. The molecule has 0 fully saturated rings. The third kappa shape index (κ3) is 8.08. The fraction of sp³-hybridized carbons (Fsp3) is 0.355. The van der Waals surface area contributed by atoms with Crippen LogP contribution in [0.25, 0.3) is 21.5 Å². The molecular formula is C31H34F8Te2. The van der Waals surface area contributed by atoms with Gasteiger partial charge < -0.3 is 0 Å². The Morgan fingerprint density at radius 3 is 1.32 bits per heavy atom. The molecule has 0 saturated carbocycles. The van der Waals surface area contributed by atoms with Gasteiger partial charge in [-0.15, -0.1) is 0 Å². The van der Waals surface area contributed by atoms with Crippen LogP contribution in [0.4, 0.5) is 27.6 Å². The summed E-state index contributed by atoms with van der Waals surface area (Å²) in [5.74, 6) is 0. The summed E-state index contributed by atoms with van der Waals surface area (Å²) >= 11 is -12.9. The molecule has 0 radical (unpaired) electrons. The quantitative estimate of drug-likeness (QED) is 0.140. The van der Waals surface area contributed by atoms with Crippen LogP contribution in [0, 0.1) is 13.8 Å². The van der Waals surface area contributed by atoms with Gasteiger partial charge in [-0.25, -0.2) is 0 Å². The number of hydrogen-bond acceptors (Lipinski definition) is 0. The molecule has 0 aliphatic rings. The number of hydrogen-bond donors (Lipinski definition) is 0. The molecule has 0 heterocycles. The van der Waals surface area contributed by atoms with Gasteiger partial charge in [0, 0.05) is 0 Å². The zero-order valence-electron chi connectivity index (χ0n) is 24.1. The number of benzene rings is 4. The molecule has 0 aliphatic carbocycles. The average molecular weight is 814 g/mol. The van der Waals surface area contributed by atoms with Gasteiger partial charge in [-0.1, -0.05) is 0 Å². The molecule has 0 aromatic heterocycles. The van der Waals surface area contributed by atoms with E-state index in [9.17, 15) is 27.6 Å². The number of fused-ring (bicyclic) bond motifs is 2. The molecular weight excluding hydrogens is 780 g/mol. The van der Waals surface area contributed by atoms with Gasteiger partial charge in [0.25, 0.3) is 0 Å². The monoisotopic (exact) mass is 818 g/mol. The first-order chi connectivity index (χ1) is 18.2. The van der Waals surface area contributed by atoms with Crippen LogP contribution in [0.1, 0.15) is 63.8 Å². The number of aryl methyl sites for hydroxylation is 2. The zero-order chi connectivity index (χ0) is 31.5. The molecule has 4 rings (SSSR count). The first kappa shape index (κ1) is 33.9. The van der Waals surface area contributed by atoms with Crippen LogP contribution >= 0.6 is 0 Å². The van der Waals surface area contributed by atoms with Crippen molar-refractivity contribution >= 4 is 68.0 Å². The van der Waals surface area contributed by atoms with Crippen molar-refractivity contribution in [1.82, 2.24) is 0 Å². The van der Waals surface area contributed by atoms with Gasteiger partial charge in [-0.2, -0.15) is 0 Å². The standard InChI is InChI=1S/C16H17F3Te.C15H17F5Te/c1-10-11-7-5-6-8-12(11)14(20-16(17,18)19)9-13(10)15(2,3)4;1-10-11-7-5-6-8-12(11)14(21(16,17,18,19)20)9-13(10)15(2,3)4/h5-9H,1-4H3;5-9H,1-4H3. The normalized spacial score (nSPS) is 14.8. The molecule has 0 nitrogen and oxygen atoms in total. The second-order valence-corrected chi connectivity index (χ2v) is 22.1. The first-order valence-electron chi connectivity index (χ1n) is 12.8. The predicted molar refractivity (Wildman–Crippen MR) is 157 cm³/mol.